The highest BCUT2D eigenvalue weighted by Gasteiger charge is 2.47. The number of alkyl halides is 3. The number of piperidine rings is 1. The van der Waals surface area contributed by atoms with E-state index in [4.69, 9.17) is 14.6 Å². The topological polar surface area (TPSA) is 176 Å². The van der Waals surface area contributed by atoms with Crippen LogP contribution in [0, 0.1) is 6.92 Å². The van der Waals surface area contributed by atoms with Crippen LogP contribution in [0.5, 0.6) is 5.75 Å². The Labute approximate surface area is 288 Å². The molecule has 4 rings (SSSR count). The molecule has 0 radical (unpaired) electrons. The van der Waals surface area contributed by atoms with E-state index in [0.717, 1.165) is 12.1 Å². The zero-order valence-electron chi connectivity index (χ0n) is 26.9. The number of carboxylic acids is 1. The number of sulfonamides is 1. The van der Waals surface area contributed by atoms with Gasteiger partial charge in [-0.25, -0.2) is 17.5 Å². The van der Waals surface area contributed by atoms with Crippen molar-refractivity contribution in [3.8, 4) is 5.75 Å². The number of aliphatic imine (C=N–C) groups is 1. The van der Waals surface area contributed by atoms with Gasteiger partial charge in [0.05, 0.1) is 36.6 Å². The Bertz CT molecular complexity index is 1660. The summed E-state index contributed by atoms with van der Waals surface area (Å²) < 4.78 is 79.7. The molecule has 0 aliphatic carbocycles. The number of nitrogens with zero attached hydrogens (tertiary/aromatic N) is 2. The Hall–Kier alpha value is -3.77. The van der Waals surface area contributed by atoms with Crippen LogP contribution in [0.15, 0.2) is 41.4 Å². The lowest BCUT2D eigenvalue weighted by molar-refractivity contribution is -0.137. The summed E-state index contributed by atoms with van der Waals surface area (Å²) in [5, 5.41) is 17.1. The fraction of sp³-hybridized carbons (Fsp3) is 0.484. The molecule has 4 N–H and O–H groups in total. The predicted octanol–water partition coefficient (Wildman–Crippen LogP) is 2.15. The van der Waals surface area contributed by atoms with Crippen molar-refractivity contribution in [1.82, 2.24) is 20.3 Å². The Morgan fingerprint density at radius 2 is 1.82 bits per heavy atom. The van der Waals surface area contributed by atoms with Crippen molar-refractivity contribution < 1.29 is 50.6 Å². The van der Waals surface area contributed by atoms with Crippen molar-refractivity contribution in [2.45, 2.75) is 37.9 Å². The molecule has 18 heteroatoms. The number of nitrogens with one attached hydrogen (secondary N) is 3. The maximum atomic E-state index is 13.8. The number of hydrogen-bond acceptors (Lipinski definition) is 9. The zero-order chi connectivity index (χ0) is 35.1. The van der Waals surface area contributed by atoms with Crippen LogP contribution in [0.1, 0.15) is 45.5 Å². The van der Waals surface area contributed by atoms with Gasteiger partial charge in [0, 0.05) is 25.2 Å². The molecule has 0 bridgehead atoms. The van der Waals surface area contributed by atoms with Crippen molar-refractivity contribution in [2.75, 3.05) is 58.8 Å². The first kappa shape index (κ1) is 39.7. The molecule has 0 aromatic heterocycles. The van der Waals surface area contributed by atoms with Crippen molar-refractivity contribution >= 4 is 46.0 Å². The monoisotopic (exact) mass is 733 g/mol. The standard InChI is InChI=1S/C31H38F3N5O8S.ClH/c1-20-15-22(28(41)42)4-3-21(20)5-14-48(44,45)39-9-6-30(7-10-39)29(43)37-27(38-30)23-16-24(31(32,33)34)18-25(17-23)47-13-12-46-11-8-36-26(40)19-35-2;/h3-4,15-18,35H,5-14,19H2,1-2H3,(H,36,40)(H,41,42)(H,37,38,43);1H. The number of rotatable bonds is 15. The Balaban J connectivity index is 0.00000650. The second kappa shape index (κ2) is 16.8. The minimum atomic E-state index is -4.71. The molecule has 270 valence electrons. The molecule has 2 aliphatic heterocycles. The maximum absolute atomic E-state index is 13.8. The van der Waals surface area contributed by atoms with Crippen LogP contribution in [0.25, 0.3) is 0 Å². The summed E-state index contributed by atoms with van der Waals surface area (Å²) in [7, 11) is -2.11. The van der Waals surface area contributed by atoms with E-state index < -0.39 is 39.2 Å². The van der Waals surface area contributed by atoms with E-state index in [1.165, 1.54) is 22.5 Å². The molecular formula is C31H39ClF3N5O8S. The Kier molecular flexibility index (Phi) is 13.6. The van der Waals surface area contributed by atoms with Gasteiger partial charge in [0.25, 0.3) is 5.91 Å². The molecule has 2 aromatic rings. The summed E-state index contributed by atoms with van der Waals surface area (Å²) in [6.45, 7) is 2.24. The van der Waals surface area contributed by atoms with Crippen LogP contribution in [-0.4, -0.2) is 106 Å². The van der Waals surface area contributed by atoms with Gasteiger partial charge in [-0.2, -0.15) is 13.2 Å². The van der Waals surface area contributed by atoms with E-state index in [9.17, 15) is 36.0 Å². The molecule has 0 saturated carbocycles. The average Bonchev–Trinajstić information content (AvgIpc) is 3.34. The van der Waals surface area contributed by atoms with E-state index in [2.05, 4.69) is 20.9 Å². The highest BCUT2D eigenvalue weighted by molar-refractivity contribution is 7.89. The smallest absolute Gasteiger partial charge is 0.416 e. The van der Waals surface area contributed by atoms with Gasteiger partial charge in [-0.3, -0.25) is 14.6 Å². The van der Waals surface area contributed by atoms with Crippen molar-refractivity contribution in [3.63, 3.8) is 0 Å². The second-order valence-electron chi connectivity index (χ2n) is 11.4. The Morgan fingerprint density at radius 1 is 1.10 bits per heavy atom. The molecule has 0 unspecified atom stereocenters. The van der Waals surface area contributed by atoms with Crippen molar-refractivity contribution in [2.24, 2.45) is 4.99 Å². The first-order valence-electron chi connectivity index (χ1n) is 15.2. The average molecular weight is 734 g/mol. The highest BCUT2D eigenvalue weighted by atomic mass is 35.5. The molecule has 1 saturated heterocycles. The number of amidine groups is 1. The number of amides is 2. The SMILES string of the molecule is CNCC(=O)NCCOCCOc1cc(C2=NC3(CCN(S(=O)(=O)CCc4ccc(C(=O)O)cc4C)CC3)C(=O)N2)cc(C(F)(F)F)c1.Cl. The van der Waals surface area contributed by atoms with Gasteiger partial charge >= 0.3 is 12.1 Å². The second-order valence-corrected chi connectivity index (χ2v) is 13.5. The molecular weight excluding hydrogens is 695 g/mol. The molecule has 1 fully saturated rings. The van der Waals surface area contributed by atoms with E-state index in [-0.39, 0.29) is 112 Å². The van der Waals surface area contributed by atoms with Crippen LogP contribution >= 0.6 is 12.4 Å². The van der Waals surface area contributed by atoms with Gasteiger partial charge in [-0.05, 0) is 74.7 Å². The fourth-order valence-electron chi connectivity index (χ4n) is 5.39. The van der Waals surface area contributed by atoms with Gasteiger partial charge in [-0.15, -0.1) is 12.4 Å². The van der Waals surface area contributed by atoms with Crippen LogP contribution in [-0.2, 0) is 36.9 Å². The third-order valence-electron chi connectivity index (χ3n) is 8.05. The molecule has 2 amide bonds. The number of aryl methyl sites for hydroxylation is 2. The van der Waals surface area contributed by atoms with Crippen molar-refractivity contribution in [3.05, 3.63) is 64.2 Å². The number of ether oxygens (including phenoxy) is 2. The lowest BCUT2D eigenvalue weighted by Gasteiger charge is -2.34. The minimum absolute atomic E-state index is 0. The highest BCUT2D eigenvalue weighted by Crippen LogP contribution is 2.36. The summed E-state index contributed by atoms with van der Waals surface area (Å²) in [6, 6.07) is 7.52. The van der Waals surface area contributed by atoms with Gasteiger partial charge < -0.3 is 30.5 Å². The molecule has 49 heavy (non-hydrogen) atoms. The van der Waals surface area contributed by atoms with Gasteiger partial charge in [0.15, 0.2) is 0 Å². The third kappa shape index (κ3) is 10.4. The number of aromatic carboxylic acids is 1. The third-order valence-corrected chi connectivity index (χ3v) is 9.92. The molecule has 1 spiro atoms. The summed E-state index contributed by atoms with van der Waals surface area (Å²) in [4.78, 5) is 40.2. The van der Waals surface area contributed by atoms with E-state index in [1.54, 1.807) is 20.0 Å². The van der Waals surface area contributed by atoms with Crippen molar-refractivity contribution in [1.29, 1.82) is 0 Å². The quantitative estimate of drug-likeness (QED) is 0.200. The fourth-order valence-corrected chi connectivity index (χ4v) is 6.87. The Morgan fingerprint density at radius 3 is 2.45 bits per heavy atom. The first-order chi connectivity index (χ1) is 22.6. The largest absolute Gasteiger partial charge is 0.491 e. The molecule has 2 aromatic carbocycles. The van der Waals surface area contributed by atoms with E-state index in [1.807, 2.05) is 0 Å². The zero-order valence-corrected chi connectivity index (χ0v) is 28.5. The molecule has 2 heterocycles. The van der Waals surface area contributed by atoms with Crippen LogP contribution < -0.4 is 20.7 Å². The number of benzene rings is 2. The maximum Gasteiger partial charge on any atom is 0.416 e. The van der Waals surface area contributed by atoms with Gasteiger partial charge in [0.2, 0.25) is 15.9 Å². The molecule has 0 atom stereocenters. The minimum Gasteiger partial charge on any atom is -0.491 e. The van der Waals surface area contributed by atoms with Crippen LogP contribution in [0.4, 0.5) is 13.2 Å². The number of carbonyl (C=O) groups excluding carboxylic acids is 2. The van der Waals surface area contributed by atoms with E-state index in [0.29, 0.717) is 11.1 Å². The number of carbonyl (C=O) groups is 3. The number of carboxylic acid groups (broad SMARTS) is 1. The summed E-state index contributed by atoms with van der Waals surface area (Å²) in [5.74, 6) is -2.22. The lowest BCUT2D eigenvalue weighted by atomic mass is 9.89. The summed E-state index contributed by atoms with van der Waals surface area (Å²) in [6.07, 6.45) is -4.49. The van der Waals surface area contributed by atoms with Crippen LogP contribution in [0.3, 0.4) is 0 Å². The summed E-state index contributed by atoms with van der Waals surface area (Å²) in [5.41, 5.74) is -0.895. The predicted molar refractivity (Wildman–Crippen MR) is 176 cm³/mol. The van der Waals surface area contributed by atoms with Gasteiger partial charge in [0.1, 0.15) is 23.7 Å². The summed E-state index contributed by atoms with van der Waals surface area (Å²) >= 11 is 0. The molecule has 13 nitrogen and oxygen atoms in total. The first-order valence-corrected chi connectivity index (χ1v) is 16.8. The number of halogens is 4. The number of likely N-dealkylation sites (N-methyl/N-ethyl adjacent to an activating group) is 1. The van der Waals surface area contributed by atoms with Gasteiger partial charge in [-0.1, -0.05) is 6.07 Å². The van der Waals surface area contributed by atoms with E-state index >= 15 is 0 Å². The number of hydrogen-bond donors (Lipinski definition) is 4. The lowest BCUT2D eigenvalue weighted by Crippen LogP contribution is -2.50. The molecule has 2 aliphatic rings. The van der Waals surface area contributed by atoms with Crippen LogP contribution in [0.2, 0.25) is 0 Å². The normalized spacial score (nSPS) is 16.1.